The van der Waals surface area contributed by atoms with Crippen molar-refractivity contribution in [2.45, 2.75) is 13.0 Å². The second-order valence-electron chi connectivity index (χ2n) is 4.74. The Morgan fingerprint density at radius 1 is 1.38 bits per heavy atom. The predicted octanol–water partition coefficient (Wildman–Crippen LogP) is 2.45. The van der Waals surface area contributed by atoms with Crippen LogP contribution in [0.2, 0.25) is 5.02 Å². The van der Waals surface area contributed by atoms with E-state index in [2.05, 4.69) is 15.5 Å². The van der Waals surface area contributed by atoms with Gasteiger partial charge in [-0.15, -0.1) is 0 Å². The first kappa shape index (κ1) is 13.6. The fraction of sp³-hybridized carbons (Fsp3) is 0.214. The van der Waals surface area contributed by atoms with Crippen molar-refractivity contribution in [2.75, 3.05) is 5.32 Å². The van der Waals surface area contributed by atoms with Crippen LogP contribution in [0.1, 0.15) is 6.42 Å². The van der Waals surface area contributed by atoms with E-state index in [0.29, 0.717) is 23.8 Å². The molecule has 0 atom stereocenters. The number of hydrogen-bond donors (Lipinski definition) is 1. The highest BCUT2D eigenvalue weighted by Gasteiger charge is 2.07. The second-order valence-corrected chi connectivity index (χ2v) is 5.18. The average molecular weight is 304 g/mol. The highest BCUT2D eigenvalue weighted by Crippen LogP contribution is 2.19. The molecule has 0 aliphatic rings. The first-order valence-electron chi connectivity index (χ1n) is 6.52. The maximum Gasteiger partial charge on any atom is 0.227 e. The van der Waals surface area contributed by atoms with E-state index < -0.39 is 0 Å². The van der Waals surface area contributed by atoms with Crippen LogP contribution in [0.5, 0.6) is 0 Å². The molecule has 21 heavy (non-hydrogen) atoms. The monoisotopic (exact) mass is 303 g/mol. The van der Waals surface area contributed by atoms with Gasteiger partial charge in [-0.25, -0.2) is 0 Å². The quantitative estimate of drug-likeness (QED) is 0.805. The Bertz CT molecular complexity index is 792. The summed E-state index contributed by atoms with van der Waals surface area (Å²) in [5.74, 6) is 0.464. The van der Waals surface area contributed by atoms with Crippen LogP contribution in [0.15, 0.2) is 36.7 Å². The summed E-state index contributed by atoms with van der Waals surface area (Å²) in [4.78, 5) is 11.9. The van der Waals surface area contributed by atoms with Gasteiger partial charge >= 0.3 is 0 Å². The largest absolute Gasteiger partial charge is 0.309 e. The molecule has 3 rings (SSSR count). The summed E-state index contributed by atoms with van der Waals surface area (Å²) in [6.45, 7) is 0.504. The van der Waals surface area contributed by atoms with Crippen molar-refractivity contribution >= 4 is 34.2 Å². The molecule has 1 amide bonds. The summed E-state index contributed by atoms with van der Waals surface area (Å²) in [6.07, 6.45) is 3.86. The number of hydrogen-bond acceptors (Lipinski definition) is 3. The smallest absolute Gasteiger partial charge is 0.227 e. The molecule has 0 saturated heterocycles. The van der Waals surface area contributed by atoms with Gasteiger partial charge in [0.2, 0.25) is 5.91 Å². The number of fused-ring (bicyclic) bond motifs is 1. The van der Waals surface area contributed by atoms with Crippen molar-refractivity contribution < 1.29 is 4.79 Å². The summed E-state index contributed by atoms with van der Waals surface area (Å²) in [7, 11) is 1.80. The zero-order valence-corrected chi connectivity index (χ0v) is 12.2. The number of rotatable bonds is 4. The maximum atomic E-state index is 11.9. The molecule has 6 nitrogen and oxygen atoms in total. The summed E-state index contributed by atoms with van der Waals surface area (Å²) in [5, 5.41) is 12.8. The molecule has 0 bridgehead atoms. The maximum absolute atomic E-state index is 11.9. The number of aromatic nitrogens is 4. The zero-order chi connectivity index (χ0) is 14.8. The number of carbonyl (C=O) groups is 1. The van der Waals surface area contributed by atoms with Gasteiger partial charge in [-0.3, -0.25) is 14.2 Å². The van der Waals surface area contributed by atoms with Crippen LogP contribution >= 0.6 is 11.6 Å². The molecule has 108 valence electrons. The minimum absolute atomic E-state index is 0.0914. The van der Waals surface area contributed by atoms with Gasteiger partial charge in [-0.05, 0) is 18.2 Å². The average Bonchev–Trinajstić information content (AvgIpc) is 3.02. The number of aryl methyl sites for hydroxylation is 2. The van der Waals surface area contributed by atoms with E-state index in [1.807, 2.05) is 18.2 Å². The van der Waals surface area contributed by atoms with Gasteiger partial charge in [0.1, 0.15) is 0 Å². The lowest BCUT2D eigenvalue weighted by molar-refractivity contribution is -0.116. The Kier molecular flexibility index (Phi) is 3.62. The van der Waals surface area contributed by atoms with Gasteiger partial charge in [-0.2, -0.15) is 10.2 Å². The summed E-state index contributed by atoms with van der Waals surface area (Å²) >= 11 is 5.94. The minimum atomic E-state index is -0.0914. The third-order valence-corrected chi connectivity index (χ3v) is 3.37. The van der Waals surface area contributed by atoms with Crippen LogP contribution in [0.4, 0.5) is 5.82 Å². The van der Waals surface area contributed by atoms with Crippen LogP contribution in [-0.4, -0.2) is 25.5 Å². The number of benzene rings is 1. The van der Waals surface area contributed by atoms with Gasteiger partial charge in [0.25, 0.3) is 0 Å². The lowest BCUT2D eigenvalue weighted by atomic mass is 10.2. The molecule has 0 fully saturated rings. The lowest BCUT2D eigenvalue weighted by Crippen LogP contribution is -2.15. The molecule has 7 heteroatoms. The standard InChI is InChI=1S/C14H14ClN5O/c1-19-6-4-13(18-19)17-14(21)5-7-20-12-3-2-11(15)8-10(12)9-16-20/h2-4,6,8-9H,5,7H2,1H3,(H,17,18,21). The molecule has 2 heterocycles. The molecule has 0 spiro atoms. The van der Waals surface area contributed by atoms with Gasteiger partial charge in [0.05, 0.1) is 18.3 Å². The van der Waals surface area contributed by atoms with Crippen LogP contribution in [-0.2, 0) is 18.4 Å². The third-order valence-electron chi connectivity index (χ3n) is 3.14. The second kappa shape index (κ2) is 5.57. The Labute approximate surface area is 126 Å². The first-order valence-corrected chi connectivity index (χ1v) is 6.90. The van der Waals surface area contributed by atoms with E-state index in [1.54, 1.807) is 34.9 Å². The molecule has 1 N–H and O–H groups in total. The molecular weight excluding hydrogens is 290 g/mol. The normalized spacial score (nSPS) is 11.0. The third kappa shape index (κ3) is 3.05. The van der Waals surface area contributed by atoms with Gasteiger partial charge < -0.3 is 5.32 Å². The molecular formula is C14H14ClN5O. The number of nitrogens with zero attached hydrogens (tertiary/aromatic N) is 4. The SMILES string of the molecule is Cn1ccc(NC(=O)CCn2ncc3cc(Cl)ccc32)n1. The van der Waals surface area contributed by atoms with Crippen molar-refractivity contribution in [3.05, 3.63) is 41.7 Å². The summed E-state index contributed by atoms with van der Waals surface area (Å²) < 4.78 is 3.43. The number of anilines is 1. The fourth-order valence-electron chi connectivity index (χ4n) is 2.13. The van der Waals surface area contributed by atoms with Crippen molar-refractivity contribution in [3.63, 3.8) is 0 Å². The van der Waals surface area contributed by atoms with E-state index >= 15 is 0 Å². The van der Waals surface area contributed by atoms with Gasteiger partial charge in [0, 0.05) is 36.1 Å². The number of halogens is 1. The number of nitrogens with one attached hydrogen (secondary N) is 1. The number of amides is 1. The van der Waals surface area contributed by atoms with Crippen molar-refractivity contribution in [3.8, 4) is 0 Å². The number of carbonyl (C=O) groups excluding carboxylic acids is 1. The van der Waals surface area contributed by atoms with Gasteiger partial charge in [0.15, 0.2) is 5.82 Å². The van der Waals surface area contributed by atoms with E-state index in [4.69, 9.17) is 11.6 Å². The van der Waals surface area contributed by atoms with Crippen molar-refractivity contribution in [2.24, 2.45) is 7.05 Å². The Balaban J connectivity index is 1.64. The highest BCUT2D eigenvalue weighted by atomic mass is 35.5. The van der Waals surface area contributed by atoms with E-state index in [1.165, 1.54) is 0 Å². The van der Waals surface area contributed by atoms with Crippen molar-refractivity contribution in [1.82, 2.24) is 19.6 Å². The Hall–Kier alpha value is -2.34. The first-order chi connectivity index (χ1) is 10.1. The van der Waals surface area contributed by atoms with E-state index in [0.717, 1.165) is 10.9 Å². The molecule has 0 unspecified atom stereocenters. The Morgan fingerprint density at radius 2 is 2.24 bits per heavy atom. The molecule has 2 aromatic heterocycles. The molecule has 0 radical (unpaired) electrons. The summed E-state index contributed by atoms with van der Waals surface area (Å²) in [5.41, 5.74) is 0.963. The lowest BCUT2D eigenvalue weighted by Gasteiger charge is -2.04. The molecule has 0 aliphatic heterocycles. The minimum Gasteiger partial charge on any atom is -0.309 e. The fourth-order valence-corrected chi connectivity index (χ4v) is 2.31. The predicted molar refractivity (Wildman–Crippen MR) is 81.2 cm³/mol. The van der Waals surface area contributed by atoms with Crippen LogP contribution in [0.25, 0.3) is 10.9 Å². The van der Waals surface area contributed by atoms with E-state index in [9.17, 15) is 4.79 Å². The van der Waals surface area contributed by atoms with Crippen LogP contribution in [0, 0.1) is 0 Å². The molecule has 3 aromatic rings. The Morgan fingerprint density at radius 3 is 3.00 bits per heavy atom. The van der Waals surface area contributed by atoms with Crippen LogP contribution in [0.3, 0.4) is 0 Å². The van der Waals surface area contributed by atoms with Crippen LogP contribution < -0.4 is 5.32 Å². The molecule has 1 aromatic carbocycles. The molecule has 0 saturated carbocycles. The summed E-state index contributed by atoms with van der Waals surface area (Å²) in [6, 6.07) is 7.33. The molecule has 0 aliphatic carbocycles. The zero-order valence-electron chi connectivity index (χ0n) is 11.5. The van der Waals surface area contributed by atoms with Gasteiger partial charge in [-0.1, -0.05) is 11.6 Å². The topological polar surface area (TPSA) is 64.7 Å². The van der Waals surface area contributed by atoms with Crippen molar-refractivity contribution in [1.29, 1.82) is 0 Å². The highest BCUT2D eigenvalue weighted by molar-refractivity contribution is 6.31. The van der Waals surface area contributed by atoms with E-state index in [-0.39, 0.29) is 5.91 Å².